The quantitative estimate of drug-likeness (QED) is 0.784. The summed E-state index contributed by atoms with van der Waals surface area (Å²) in [5.74, 6) is 0.405. The molecule has 0 atom stereocenters. The SMILES string of the molecule is COC(=O)c1cccc(Oc2nccc(OC)n2)c1. The number of carbonyl (C=O) groups excluding carboxylic acids is 1. The van der Waals surface area contributed by atoms with E-state index in [-0.39, 0.29) is 6.01 Å². The van der Waals surface area contributed by atoms with E-state index in [9.17, 15) is 4.79 Å². The highest BCUT2D eigenvalue weighted by molar-refractivity contribution is 5.89. The number of aromatic nitrogens is 2. The summed E-state index contributed by atoms with van der Waals surface area (Å²) in [6.45, 7) is 0. The number of ether oxygens (including phenoxy) is 3. The number of esters is 1. The smallest absolute Gasteiger partial charge is 0.337 e. The average molecular weight is 260 g/mol. The number of rotatable bonds is 4. The van der Waals surface area contributed by atoms with E-state index in [1.807, 2.05) is 0 Å². The number of carbonyl (C=O) groups is 1. The van der Waals surface area contributed by atoms with Crippen molar-refractivity contribution in [2.24, 2.45) is 0 Å². The van der Waals surface area contributed by atoms with E-state index in [0.717, 1.165) is 0 Å². The summed E-state index contributed by atoms with van der Waals surface area (Å²) in [5.41, 5.74) is 0.392. The van der Waals surface area contributed by atoms with Crippen LogP contribution in [-0.2, 0) is 4.74 Å². The summed E-state index contributed by atoms with van der Waals surface area (Å²) in [6, 6.07) is 8.30. The summed E-state index contributed by atoms with van der Waals surface area (Å²) in [5, 5.41) is 0. The van der Waals surface area contributed by atoms with Crippen LogP contribution in [0.2, 0.25) is 0 Å². The van der Waals surface area contributed by atoms with E-state index in [0.29, 0.717) is 17.2 Å². The largest absolute Gasteiger partial charge is 0.481 e. The third kappa shape index (κ3) is 3.19. The minimum Gasteiger partial charge on any atom is -0.481 e. The lowest BCUT2D eigenvalue weighted by Gasteiger charge is -2.06. The molecule has 0 saturated heterocycles. The molecule has 2 aromatic rings. The van der Waals surface area contributed by atoms with E-state index >= 15 is 0 Å². The first-order chi connectivity index (χ1) is 9.22. The highest BCUT2D eigenvalue weighted by Gasteiger charge is 2.08. The van der Waals surface area contributed by atoms with Crippen molar-refractivity contribution < 1.29 is 19.0 Å². The van der Waals surface area contributed by atoms with Gasteiger partial charge in [0.15, 0.2) is 0 Å². The zero-order valence-electron chi connectivity index (χ0n) is 10.5. The number of hydrogen-bond donors (Lipinski definition) is 0. The van der Waals surface area contributed by atoms with Crippen molar-refractivity contribution in [2.45, 2.75) is 0 Å². The Morgan fingerprint density at radius 3 is 2.79 bits per heavy atom. The maximum Gasteiger partial charge on any atom is 0.337 e. The number of hydrogen-bond acceptors (Lipinski definition) is 6. The first kappa shape index (κ1) is 12.8. The Morgan fingerprint density at radius 1 is 1.21 bits per heavy atom. The highest BCUT2D eigenvalue weighted by Crippen LogP contribution is 2.20. The molecule has 1 aromatic carbocycles. The molecule has 0 bridgehead atoms. The molecule has 1 heterocycles. The number of nitrogens with zero attached hydrogens (tertiary/aromatic N) is 2. The lowest BCUT2D eigenvalue weighted by atomic mass is 10.2. The van der Waals surface area contributed by atoms with E-state index in [2.05, 4.69) is 14.7 Å². The van der Waals surface area contributed by atoms with Gasteiger partial charge in [-0.1, -0.05) is 6.07 Å². The van der Waals surface area contributed by atoms with Gasteiger partial charge in [0.25, 0.3) is 0 Å². The topological polar surface area (TPSA) is 70.5 Å². The van der Waals surface area contributed by atoms with Gasteiger partial charge < -0.3 is 14.2 Å². The molecule has 0 radical (unpaired) electrons. The second kappa shape index (κ2) is 5.81. The van der Waals surface area contributed by atoms with E-state index < -0.39 is 5.97 Å². The van der Waals surface area contributed by atoms with Crippen molar-refractivity contribution >= 4 is 5.97 Å². The van der Waals surface area contributed by atoms with Crippen molar-refractivity contribution in [1.29, 1.82) is 0 Å². The molecule has 6 nitrogen and oxygen atoms in total. The van der Waals surface area contributed by atoms with Crippen LogP contribution in [-0.4, -0.2) is 30.2 Å². The van der Waals surface area contributed by atoms with E-state index in [4.69, 9.17) is 9.47 Å². The Labute approximate surface area is 110 Å². The van der Waals surface area contributed by atoms with Gasteiger partial charge in [-0.05, 0) is 18.2 Å². The Balaban J connectivity index is 2.20. The summed E-state index contributed by atoms with van der Waals surface area (Å²) in [6.07, 6.45) is 1.52. The third-order valence-corrected chi connectivity index (χ3v) is 2.28. The molecule has 0 unspecified atom stereocenters. The molecule has 0 aliphatic carbocycles. The fourth-order valence-electron chi connectivity index (χ4n) is 1.40. The van der Waals surface area contributed by atoms with Crippen LogP contribution < -0.4 is 9.47 Å². The molecule has 0 spiro atoms. The zero-order valence-corrected chi connectivity index (χ0v) is 10.5. The molecule has 0 saturated carbocycles. The lowest BCUT2D eigenvalue weighted by molar-refractivity contribution is 0.0600. The maximum atomic E-state index is 11.4. The van der Waals surface area contributed by atoms with Crippen LogP contribution in [0.3, 0.4) is 0 Å². The predicted molar refractivity (Wildman–Crippen MR) is 66.4 cm³/mol. The molecule has 1 aromatic heterocycles. The van der Waals surface area contributed by atoms with Crippen LogP contribution >= 0.6 is 0 Å². The first-order valence-corrected chi connectivity index (χ1v) is 5.46. The van der Waals surface area contributed by atoms with Crippen molar-refractivity contribution in [3.63, 3.8) is 0 Å². The molecule has 0 amide bonds. The molecule has 0 fully saturated rings. The molecular formula is C13H12N2O4. The second-order valence-electron chi connectivity index (χ2n) is 3.50. The predicted octanol–water partition coefficient (Wildman–Crippen LogP) is 2.06. The number of methoxy groups -OCH3 is 2. The molecule has 0 aliphatic heterocycles. The molecular weight excluding hydrogens is 248 g/mol. The standard InChI is InChI=1S/C13H12N2O4/c1-17-11-6-7-14-13(15-11)19-10-5-3-4-9(8-10)12(16)18-2/h3-8H,1-2H3. The van der Waals surface area contributed by atoms with Gasteiger partial charge in [-0.3, -0.25) is 0 Å². The highest BCUT2D eigenvalue weighted by atomic mass is 16.5. The Hall–Kier alpha value is -2.63. The Bertz CT molecular complexity index is 586. The molecule has 6 heteroatoms. The van der Waals surface area contributed by atoms with Gasteiger partial charge in [0.2, 0.25) is 5.88 Å². The Morgan fingerprint density at radius 2 is 2.05 bits per heavy atom. The van der Waals surface area contributed by atoms with E-state index in [1.165, 1.54) is 20.4 Å². The minimum absolute atomic E-state index is 0.140. The van der Waals surface area contributed by atoms with Crippen LogP contribution in [0.4, 0.5) is 0 Å². The van der Waals surface area contributed by atoms with Crippen LogP contribution in [0.15, 0.2) is 36.5 Å². The van der Waals surface area contributed by atoms with E-state index in [1.54, 1.807) is 30.3 Å². The van der Waals surface area contributed by atoms with Gasteiger partial charge in [0.05, 0.1) is 19.8 Å². The Kier molecular flexibility index (Phi) is 3.92. The van der Waals surface area contributed by atoms with Crippen molar-refractivity contribution in [3.8, 4) is 17.6 Å². The van der Waals surface area contributed by atoms with Crippen LogP contribution in [0.5, 0.6) is 17.6 Å². The van der Waals surface area contributed by atoms with Crippen LogP contribution in [0.25, 0.3) is 0 Å². The molecule has 2 rings (SSSR count). The van der Waals surface area contributed by atoms with Crippen LogP contribution in [0.1, 0.15) is 10.4 Å². The molecule has 0 N–H and O–H groups in total. The van der Waals surface area contributed by atoms with Gasteiger partial charge in [-0.25, -0.2) is 9.78 Å². The summed E-state index contributed by atoms with van der Waals surface area (Å²) in [4.78, 5) is 19.3. The third-order valence-electron chi connectivity index (χ3n) is 2.28. The first-order valence-electron chi connectivity index (χ1n) is 5.46. The number of benzene rings is 1. The zero-order chi connectivity index (χ0) is 13.7. The van der Waals surface area contributed by atoms with Crippen LogP contribution in [0, 0.1) is 0 Å². The van der Waals surface area contributed by atoms with Crippen molar-refractivity contribution in [3.05, 3.63) is 42.1 Å². The average Bonchev–Trinajstić information content (AvgIpc) is 2.47. The fraction of sp³-hybridized carbons (Fsp3) is 0.154. The molecule has 98 valence electrons. The van der Waals surface area contributed by atoms with Gasteiger partial charge in [0, 0.05) is 12.3 Å². The molecule has 0 aliphatic rings. The van der Waals surface area contributed by atoms with Crippen molar-refractivity contribution in [1.82, 2.24) is 9.97 Å². The minimum atomic E-state index is -0.433. The van der Waals surface area contributed by atoms with Crippen molar-refractivity contribution in [2.75, 3.05) is 14.2 Å². The monoisotopic (exact) mass is 260 g/mol. The normalized spacial score (nSPS) is 9.79. The summed E-state index contributed by atoms with van der Waals surface area (Å²) in [7, 11) is 2.82. The van der Waals surface area contributed by atoms with Gasteiger partial charge >= 0.3 is 12.0 Å². The maximum absolute atomic E-state index is 11.4. The molecule has 19 heavy (non-hydrogen) atoms. The lowest BCUT2D eigenvalue weighted by Crippen LogP contribution is -2.01. The van der Waals surface area contributed by atoms with Gasteiger partial charge in [0.1, 0.15) is 5.75 Å². The fourth-order valence-corrected chi connectivity index (χ4v) is 1.40. The summed E-state index contributed by atoms with van der Waals surface area (Å²) >= 11 is 0. The second-order valence-corrected chi connectivity index (χ2v) is 3.50. The van der Waals surface area contributed by atoms with Gasteiger partial charge in [-0.2, -0.15) is 4.98 Å². The summed E-state index contributed by atoms with van der Waals surface area (Å²) < 4.78 is 15.0. The van der Waals surface area contributed by atoms with Gasteiger partial charge in [-0.15, -0.1) is 0 Å².